The Kier molecular flexibility index (Phi) is 5.79. The molecule has 2 rings (SSSR count). The highest BCUT2D eigenvalue weighted by Crippen LogP contribution is 2.13. The van der Waals surface area contributed by atoms with Crippen molar-refractivity contribution in [2.75, 3.05) is 39.8 Å². The lowest BCUT2D eigenvalue weighted by molar-refractivity contribution is 0.0875. The minimum atomic E-state index is 0.621. The van der Waals surface area contributed by atoms with Crippen LogP contribution in [0, 0.1) is 12.8 Å². The summed E-state index contributed by atoms with van der Waals surface area (Å²) >= 11 is 0. The third-order valence-electron chi connectivity index (χ3n) is 4.78. The molecule has 120 valence electrons. The predicted molar refractivity (Wildman–Crippen MR) is 87.3 cm³/mol. The highest BCUT2D eigenvalue weighted by Gasteiger charge is 2.24. The molecule has 21 heavy (non-hydrogen) atoms. The zero-order valence-electron chi connectivity index (χ0n) is 14.3. The van der Waals surface area contributed by atoms with Crippen LogP contribution in [0.25, 0.3) is 0 Å². The van der Waals surface area contributed by atoms with Gasteiger partial charge in [0.1, 0.15) is 0 Å². The first-order chi connectivity index (χ1) is 9.99. The van der Waals surface area contributed by atoms with Crippen LogP contribution in [0.1, 0.15) is 25.1 Å². The molecule has 1 saturated heterocycles. The lowest BCUT2D eigenvalue weighted by Gasteiger charge is -2.40. The molecule has 0 radical (unpaired) electrons. The van der Waals surface area contributed by atoms with Crippen LogP contribution in [0.3, 0.4) is 0 Å². The van der Waals surface area contributed by atoms with Gasteiger partial charge in [-0.3, -0.25) is 9.58 Å². The molecule has 1 unspecified atom stereocenters. The molecule has 1 atom stereocenters. The summed E-state index contributed by atoms with van der Waals surface area (Å²) in [5, 5.41) is 7.95. The van der Waals surface area contributed by atoms with Crippen LogP contribution in [0.15, 0.2) is 6.20 Å². The van der Waals surface area contributed by atoms with E-state index in [1.807, 2.05) is 17.9 Å². The fourth-order valence-electron chi connectivity index (χ4n) is 3.01. The van der Waals surface area contributed by atoms with E-state index in [0.29, 0.717) is 12.0 Å². The molecule has 1 aliphatic rings. The van der Waals surface area contributed by atoms with Crippen LogP contribution in [-0.2, 0) is 13.6 Å². The number of hydrogen-bond donors (Lipinski definition) is 1. The van der Waals surface area contributed by atoms with Crippen molar-refractivity contribution in [2.24, 2.45) is 13.0 Å². The summed E-state index contributed by atoms with van der Waals surface area (Å²) in [5.41, 5.74) is 2.56. The quantitative estimate of drug-likeness (QED) is 0.852. The van der Waals surface area contributed by atoms with Crippen molar-refractivity contribution in [2.45, 2.75) is 33.4 Å². The van der Waals surface area contributed by atoms with E-state index in [4.69, 9.17) is 0 Å². The van der Waals surface area contributed by atoms with E-state index in [-0.39, 0.29) is 0 Å². The molecule has 0 saturated carbocycles. The van der Waals surface area contributed by atoms with E-state index in [1.165, 1.54) is 37.4 Å². The summed E-state index contributed by atoms with van der Waals surface area (Å²) in [5.74, 6) is 0.677. The zero-order valence-corrected chi connectivity index (χ0v) is 14.3. The Balaban J connectivity index is 1.84. The first-order valence-electron chi connectivity index (χ1n) is 8.09. The third kappa shape index (κ3) is 4.28. The van der Waals surface area contributed by atoms with Crippen molar-refractivity contribution in [3.8, 4) is 0 Å². The number of nitrogens with zero attached hydrogens (tertiary/aromatic N) is 4. The average Bonchev–Trinajstić information content (AvgIpc) is 2.76. The maximum atomic E-state index is 4.31. The van der Waals surface area contributed by atoms with E-state index in [9.17, 15) is 0 Å². The van der Waals surface area contributed by atoms with Crippen LogP contribution in [-0.4, -0.2) is 65.4 Å². The fraction of sp³-hybridized carbons (Fsp3) is 0.812. The molecule has 1 aliphatic heterocycles. The van der Waals surface area contributed by atoms with Gasteiger partial charge in [-0.1, -0.05) is 13.8 Å². The average molecular weight is 293 g/mol. The van der Waals surface area contributed by atoms with Gasteiger partial charge >= 0.3 is 0 Å². The zero-order chi connectivity index (χ0) is 15.4. The summed E-state index contributed by atoms with van der Waals surface area (Å²) in [4.78, 5) is 5.06. The van der Waals surface area contributed by atoms with E-state index in [1.54, 1.807) is 0 Å². The van der Waals surface area contributed by atoms with Gasteiger partial charge in [0.05, 0.1) is 6.20 Å². The molecule has 1 aromatic rings. The maximum Gasteiger partial charge on any atom is 0.0537 e. The van der Waals surface area contributed by atoms with Gasteiger partial charge in [0, 0.05) is 63.6 Å². The van der Waals surface area contributed by atoms with Gasteiger partial charge in [-0.15, -0.1) is 0 Å². The molecular weight excluding hydrogens is 262 g/mol. The number of hydrogen-bond acceptors (Lipinski definition) is 4. The van der Waals surface area contributed by atoms with Gasteiger partial charge in [-0.25, -0.2) is 0 Å². The molecular formula is C16H31N5. The topological polar surface area (TPSA) is 36.3 Å². The van der Waals surface area contributed by atoms with E-state index in [0.717, 1.165) is 13.1 Å². The number of likely N-dealkylation sites (N-methyl/N-ethyl adjacent to an activating group) is 1. The Morgan fingerprint density at radius 1 is 1.19 bits per heavy atom. The molecule has 0 aromatic carbocycles. The Labute approximate surface area is 129 Å². The molecule has 0 bridgehead atoms. The minimum Gasteiger partial charge on any atom is -0.311 e. The van der Waals surface area contributed by atoms with Crippen LogP contribution < -0.4 is 5.32 Å². The van der Waals surface area contributed by atoms with Crippen LogP contribution >= 0.6 is 0 Å². The molecule has 5 heteroatoms. The summed E-state index contributed by atoms with van der Waals surface area (Å²) < 4.78 is 1.94. The smallest absolute Gasteiger partial charge is 0.0537 e. The van der Waals surface area contributed by atoms with Gasteiger partial charge in [-0.05, 0) is 19.9 Å². The second kappa shape index (κ2) is 7.38. The highest BCUT2D eigenvalue weighted by atomic mass is 15.3. The van der Waals surface area contributed by atoms with Crippen LogP contribution in [0.2, 0.25) is 0 Å². The number of aromatic nitrogens is 2. The van der Waals surface area contributed by atoms with Crippen LogP contribution in [0.4, 0.5) is 0 Å². The Hall–Kier alpha value is -0.910. The third-order valence-corrected chi connectivity index (χ3v) is 4.78. The normalized spacial score (nSPS) is 19.3. The van der Waals surface area contributed by atoms with E-state index in [2.05, 4.69) is 48.0 Å². The molecule has 0 spiro atoms. The molecule has 1 fully saturated rings. The molecule has 2 heterocycles. The number of rotatable bonds is 6. The molecule has 5 nitrogen and oxygen atoms in total. The van der Waals surface area contributed by atoms with Crippen molar-refractivity contribution in [1.29, 1.82) is 0 Å². The van der Waals surface area contributed by atoms with Crippen molar-refractivity contribution in [3.63, 3.8) is 0 Å². The minimum absolute atomic E-state index is 0.621. The predicted octanol–water partition coefficient (Wildman–Crippen LogP) is 1.09. The maximum absolute atomic E-state index is 4.31. The monoisotopic (exact) mass is 293 g/mol. The largest absolute Gasteiger partial charge is 0.311 e. The van der Waals surface area contributed by atoms with Crippen molar-refractivity contribution >= 4 is 0 Å². The van der Waals surface area contributed by atoms with Crippen molar-refractivity contribution < 1.29 is 0 Å². The SMILES string of the molecule is Cc1c(CNCC(C(C)C)N2CCN(C)CC2)cnn1C. The van der Waals surface area contributed by atoms with Gasteiger partial charge < -0.3 is 10.2 Å². The molecule has 1 aromatic heterocycles. The van der Waals surface area contributed by atoms with E-state index >= 15 is 0 Å². The molecule has 1 N–H and O–H groups in total. The standard InChI is InChI=1S/C16H31N5/c1-13(2)16(21-8-6-19(4)7-9-21)12-17-10-15-11-18-20(5)14(15)3/h11,13,16-17H,6-10,12H2,1-5H3. The van der Waals surface area contributed by atoms with Gasteiger partial charge in [0.2, 0.25) is 0 Å². The van der Waals surface area contributed by atoms with Crippen LogP contribution in [0.5, 0.6) is 0 Å². The number of nitrogens with one attached hydrogen (secondary N) is 1. The van der Waals surface area contributed by atoms with Gasteiger partial charge in [0.15, 0.2) is 0 Å². The second-order valence-corrected chi connectivity index (χ2v) is 6.66. The summed E-state index contributed by atoms with van der Waals surface area (Å²) in [6.07, 6.45) is 1.97. The lowest BCUT2D eigenvalue weighted by atomic mass is 10.0. The Morgan fingerprint density at radius 3 is 2.38 bits per heavy atom. The van der Waals surface area contributed by atoms with Crippen molar-refractivity contribution in [3.05, 3.63) is 17.5 Å². The molecule has 0 aliphatic carbocycles. The first kappa shape index (κ1) is 16.5. The molecule has 0 amide bonds. The number of aryl methyl sites for hydroxylation is 1. The van der Waals surface area contributed by atoms with E-state index < -0.39 is 0 Å². The Morgan fingerprint density at radius 2 is 1.86 bits per heavy atom. The highest BCUT2D eigenvalue weighted by molar-refractivity contribution is 5.15. The fourth-order valence-corrected chi connectivity index (χ4v) is 3.01. The van der Waals surface area contributed by atoms with Crippen molar-refractivity contribution in [1.82, 2.24) is 24.9 Å². The Bertz CT molecular complexity index is 432. The number of piperazine rings is 1. The van der Waals surface area contributed by atoms with Gasteiger partial charge in [-0.2, -0.15) is 5.10 Å². The first-order valence-corrected chi connectivity index (χ1v) is 8.09. The summed E-state index contributed by atoms with van der Waals surface area (Å²) in [6.45, 7) is 13.5. The summed E-state index contributed by atoms with van der Waals surface area (Å²) in [6, 6.07) is 0.621. The lowest BCUT2D eigenvalue weighted by Crippen LogP contribution is -2.53. The van der Waals surface area contributed by atoms with Gasteiger partial charge in [0.25, 0.3) is 0 Å². The second-order valence-electron chi connectivity index (χ2n) is 6.66. The summed E-state index contributed by atoms with van der Waals surface area (Å²) in [7, 11) is 4.21.